The lowest BCUT2D eigenvalue weighted by Gasteiger charge is -2.29. The molecule has 6 heteroatoms. The zero-order valence-corrected chi connectivity index (χ0v) is 11.8. The highest BCUT2D eigenvalue weighted by Crippen LogP contribution is 2.40. The van der Waals surface area contributed by atoms with Crippen LogP contribution in [0.3, 0.4) is 0 Å². The molecule has 1 rings (SSSR count). The van der Waals surface area contributed by atoms with Gasteiger partial charge in [-0.1, -0.05) is 58.5 Å². The first kappa shape index (κ1) is 14.7. The fraction of sp³-hybridized carbons (Fsp3) is 0.400. The van der Waals surface area contributed by atoms with Gasteiger partial charge >= 0.3 is 0 Å². The zero-order chi connectivity index (χ0) is 12.4. The monoisotopic (exact) mass is 320 g/mol. The normalized spacial score (nSPS) is 15.9. The number of aliphatic hydroxyl groups is 1. The van der Waals surface area contributed by atoms with Crippen molar-refractivity contribution in [1.29, 1.82) is 0 Å². The van der Waals surface area contributed by atoms with E-state index in [9.17, 15) is 5.11 Å². The lowest BCUT2D eigenvalue weighted by atomic mass is 9.93. The summed E-state index contributed by atoms with van der Waals surface area (Å²) in [5.41, 5.74) is -0.810. The highest BCUT2D eigenvalue weighted by atomic mass is 35.6. The van der Waals surface area contributed by atoms with Gasteiger partial charge in [0, 0.05) is 11.4 Å². The lowest BCUT2D eigenvalue weighted by Crippen LogP contribution is -2.32. The molecule has 1 N–H and O–H groups in total. The molecule has 1 atom stereocenters. The summed E-state index contributed by atoms with van der Waals surface area (Å²) < 4.78 is -1.57. The van der Waals surface area contributed by atoms with Gasteiger partial charge in [0.1, 0.15) is 5.60 Å². The van der Waals surface area contributed by atoms with Gasteiger partial charge in [-0.15, -0.1) is 11.6 Å². The first-order valence-corrected chi connectivity index (χ1v) is 6.43. The van der Waals surface area contributed by atoms with E-state index in [1.807, 2.05) is 0 Å². The molecule has 0 bridgehead atoms. The smallest absolute Gasteiger partial charge is 0.193 e. The van der Waals surface area contributed by atoms with Crippen molar-refractivity contribution in [2.75, 3.05) is 5.88 Å². The highest BCUT2D eigenvalue weighted by molar-refractivity contribution is 6.67. The van der Waals surface area contributed by atoms with Crippen LogP contribution in [-0.2, 0) is 5.60 Å². The minimum absolute atomic E-state index is 0.0669. The summed E-state index contributed by atoms with van der Waals surface area (Å²) in [5, 5.41) is 10.9. The predicted octanol–water partition coefficient (Wildman–Crippen LogP) is 4.53. The molecule has 1 nitrogen and oxygen atoms in total. The molecule has 0 radical (unpaired) electrons. The molecule has 0 aliphatic heterocycles. The van der Waals surface area contributed by atoms with Gasteiger partial charge in [-0.2, -0.15) is 0 Å². The summed E-state index contributed by atoms with van der Waals surface area (Å²) >= 11 is 28.5. The van der Waals surface area contributed by atoms with E-state index in [2.05, 4.69) is 0 Å². The van der Waals surface area contributed by atoms with Crippen LogP contribution in [0.4, 0.5) is 0 Å². The number of hydrogen-bond donors (Lipinski definition) is 1. The average Bonchev–Trinajstić information content (AvgIpc) is 2.16. The van der Waals surface area contributed by atoms with Gasteiger partial charge in [0.05, 0.1) is 5.88 Å². The second kappa shape index (κ2) is 5.51. The van der Waals surface area contributed by atoms with Crippen molar-refractivity contribution >= 4 is 58.0 Å². The molecule has 0 saturated carbocycles. The van der Waals surface area contributed by atoms with Crippen LogP contribution in [0.1, 0.15) is 12.0 Å². The van der Waals surface area contributed by atoms with Crippen molar-refractivity contribution < 1.29 is 5.11 Å². The zero-order valence-electron chi connectivity index (χ0n) is 8.06. The van der Waals surface area contributed by atoms with Crippen LogP contribution >= 0.6 is 58.0 Å². The van der Waals surface area contributed by atoms with E-state index in [1.165, 1.54) is 0 Å². The molecule has 0 amide bonds. The van der Waals surface area contributed by atoms with Crippen molar-refractivity contribution in [3.05, 3.63) is 34.9 Å². The van der Waals surface area contributed by atoms with Crippen LogP contribution in [0.15, 0.2) is 24.3 Å². The summed E-state index contributed by atoms with van der Waals surface area (Å²) in [6.45, 7) is 0. The summed E-state index contributed by atoms with van der Waals surface area (Å²) in [4.78, 5) is 0. The molecule has 1 aromatic carbocycles. The predicted molar refractivity (Wildman–Crippen MR) is 71.0 cm³/mol. The average molecular weight is 322 g/mol. The van der Waals surface area contributed by atoms with Crippen molar-refractivity contribution in [3.8, 4) is 0 Å². The number of hydrogen-bond acceptors (Lipinski definition) is 1. The van der Waals surface area contributed by atoms with E-state index in [0.717, 1.165) is 0 Å². The van der Waals surface area contributed by atoms with E-state index >= 15 is 0 Å². The Kier molecular flexibility index (Phi) is 5.06. The first-order chi connectivity index (χ1) is 7.27. The molecule has 0 aliphatic carbocycles. The molecular weight excluding hydrogens is 313 g/mol. The fourth-order valence-corrected chi connectivity index (χ4v) is 2.36. The maximum Gasteiger partial charge on any atom is 0.193 e. The fourth-order valence-electron chi connectivity index (χ4n) is 1.32. The third kappa shape index (κ3) is 4.14. The SMILES string of the molecule is OC(CCl)(CC(Cl)(Cl)Cl)c1ccc(Cl)cc1. The number of rotatable bonds is 3. The van der Waals surface area contributed by atoms with E-state index in [0.29, 0.717) is 10.6 Å². The summed E-state index contributed by atoms with van der Waals surface area (Å²) in [5.74, 6) is -0.0669. The van der Waals surface area contributed by atoms with E-state index in [-0.39, 0.29) is 12.3 Å². The van der Waals surface area contributed by atoms with Crippen molar-refractivity contribution in [2.24, 2.45) is 0 Å². The largest absolute Gasteiger partial charge is 0.384 e. The van der Waals surface area contributed by atoms with Gasteiger partial charge < -0.3 is 5.11 Å². The molecule has 0 fully saturated rings. The van der Waals surface area contributed by atoms with Crippen LogP contribution in [0, 0.1) is 0 Å². The molecule has 0 spiro atoms. The van der Waals surface area contributed by atoms with Crippen LogP contribution in [0.5, 0.6) is 0 Å². The molecule has 16 heavy (non-hydrogen) atoms. The van der Waals surface area contributed by atoms with Gasteiger partial charge in [-0.3, -0.25) is 0 Å². The molecule has 1 aromatic rings. The molecule has 0 saturated heterocycles. The number of benzene rings is 1. The molecule has 0 aliphatic rings. The first-order valence-electron chi connectivity index (χ1n) is 4.38. The van der Waals surface area contributed by atoms with E-state index in [1.54, 1.807) is 24.3 Å². The Morgan fingerprint density at radius 3 is 1.94 bits per heavy atom. The van der Waals surface area contributed by atoms with E-state index < -0.39 is 9.39 Å². The molecule has 0 aromatic heterocycles. The third-order valence-corrected chi connectivity index (χ3v) is 3.19. The van der Waals surface area contributed by atoms with Crippen LogP contribution < -0.4 is 0 Å². The molecule has 1 unspecified atom stereocenters. The van der Waals surface area contributed by atoms with Crippen molar-refractivity contribution in [2.45, 2.75) is 15.8 Å². The minimum atomic E-state index is -1.57. The Bertz CT molecular complexity index is 345. The van der Waals surface area contributed by atoms with Gasteiger partial charge in [0.15, 0.2) is 3.79 Å². The van der Waals surface area contributed by atoms with E-state index in [4.69, 9.17) is 58.0 Å². The van der Waals surface area contributed by atoms with Gasteiger partial charge in [0.25, 0.3) is 0 Å². The maximum atomic E-state index is 10.3. The third-order valence-electron chi connectivity index (χ3n) is 2.10. The van der Waals surface area contributed by atoms with Crippen molar-refractivity contribution in [3.63, 3.8) is 0 Å². The molecule has 90 valence electrons. The second-order valence-corrected chi connectivity index (χ2v) is 6.68. The molecular formula is C10H9Cl5O. The quantitative estimate of drug-likeness (QED) is 0.811. The van der Waals surface area contributed by atoms with Gasteiger partial charge in [-0.05, 0) is 17.7 Å². The summed E-state index contributed by atoms with van der Waals surface area (Å²) in [7, 11) is 0. The summed E-state index contributed by atoms with van der Waals surface area (Å²) in [6, 6.07) is 6.60. The Balaban J connectivity index is 3.00. The Hall–Kier alpha value is 0.630. The topological polar surface area (TPSA) is 20.2 Å². The Labute approximate surface area is 119 Å². The number of halogens is 5. The second-order valence-electron chi connectivity index (χ2n) is 3.46. The Morgan fingerprint density at radius 2 is 1.56 bits per heavy atom. The lowest BCUT2D eigenvalue weighted by molar-refractivity contribution is 0.0528. The number of alkyl halides is 4. The van der Waals surface area contributed by atoms with Crippen LogP contribution in [0.2, 0.25) is 5.02 Å². The molecule has 0 heterocycles. The summed E-state index contributed by atoms with van der Waals surface area (Å²) in [6.07, 6.45) is -0.0875. The maximum absolute atomic E-state index is 10.3. The van der Waals surface area contributed by atoms with Crippen LogP contribution in [0.25, 0.3) is 0 Å². The van der Waals surface area contributed by atoms with Gasteiger partial charge in [0.2, 0.25) is 0 Å². The van der Waals surface area contributed by atoms with Crippen LogP contribution in [-0.4, -0.2) is 14.8 Å². The minimum Gasteiger partial charge on any atom is -0.384 e. The standard InChI is InChI=1S/C10H9Cl5O/c11-6-9(16,5-10(13,14)15)7-1-3-8(12)4-2-7/h1-4,16H,5-6H2. The highest BCUT2D eigenvalue weighted by Gasteiger charge is 2.37. The van der Waals surface area contributed by atoms with Gasteiger partial charge in [-0.25, -0.2) is 0 Å². The van der Waals surface area contributed by atoms with Crippen molar-refractivity contribution in [1.82, 2.24) is 0 Å². The Morgan fingerprint density at radius 1 is 1.06 bits per heavy atom.